The van der Waals surface area contributed by atoms with Gasteiger partial charge in [0.05, 0.1) is 12.8 Å². The summed E-state index contributed by atoms with van der Waals surface area (Å²) in [6, 6.07) is 16.2. The van der Waals surface area contributed by atoms with Crippen molar-refractivity contribution in [3.8, 4) is 29.6 Å². The second kappa shape index (κ2) is 9.53. The zero-order chi connectivity index (χ0) is 22.3. The maximum atomic E-state index is 12.3. The minimum Gasteiger partial charge on any atom is -0.480 e. The summed E-state index contributed by atoms with van der Waals surface area (Å²) in [7, 11) is 0. The summed E-state index contributed by atoms with van der Waals surface area (Å²) < 4.78 is 16.1. The van der Waals surface area contributed by atoms with Gasteiger partial charge in [-0.2, -0.15) is 5.10 Å². The Balaban J connectivity index is 1.38. The Kier molecular flexibility index (Phi) is 6.18. The molecule has 2 amide bonds. The highest BCUT2D eigenvalue weighted by molar-refractivity contribution is 6.03. The van der Waals surface area contributed by atoms with Crippen molar-refractivity contribution >= 4 is 28.8 Å². The maximum absolute atomic E-state index is 12.3. The van der Waals surface area contributed by atoms with E-state index in [9.17, 15) is 9.59 Å². The normalized spacial score (nSPS) is 11.8. The first-order valence-electron chi connectivity index (χ1n) is 9.73. The minimum atomic E-state index is -0.485. The fourth-order valence-corrected chi connectivity index (χ4v) is 3.16. The minimum absolute atomic E-state index is 0.109. The number of hydrogen-bond acceptors (Lipinski definition) is 6. The molecule has 8 nitrogen and oxygen atoms in total. The highest BCUT2D eigenvalue weighted by Gasteiger charge is 2.16. The monoisotopic (exact) mass is 429 g/mol. The molecular weight excluding hydrogens is 410 g/mol. The summed E-state index contributed by atoms with van der Waals surface area (Å²) in [6.07, 6.45) is 6.78. The Labute approximate surface area is 184 Å². The lowest BCUT2D eigenvalue weighted by molar-refractivity contribution is -0.120. The molecule has 1 aliphatic rings. The first kappa shape index (κ1) is 20.8. The van der Waals surface area contributed by atoms with Crippen molar-refractivity contribution in [3.63, 3.8) is 0 Å². The lowest BCUT2D eigenvalue weighted by Gasteiger charge is -2.10. The molecule has 0 bridgehead atoms. The maximum Gasteiger partial charge on any atom is 0.259 e. The predicted octanol–water partition coefficient (Wildman–Crippen LogP) is 2.46. The molecule has 0 atom stereocenters. The Morgan fingerprint density at radius 1 is 1.12 bits per heavy atom. The highest BCUT2D eigenvalue weighted by atomic mass is 16.7. The van der Waals surface area contributed by atoms with Gasteiger partial charge in [-0.05, 0) is 35.0 Å². The summed E-state index contributed by atoms with van der Waals surface area (Å²) in [5.74, 6) is 3.15. The van der Waals surface area contributed by atoms with Crippen molar-refractivity contribution in [3.05, 3.63) is 65.7 Å². The van der Waals surface area contributed by atoms with Crippen LogP contribution in [-0.2, 0) is 4.79 Å². The van der Waals surface area contributed by atoms with Crippen LogP contribution in [0.5, 0.6) is 17.2 Å². The fourth-order valence-electron chi connectivity index (χ4n) is 3.16. The molecule has 1 heterocycles. The number of benzene rings is 3. The average molecular weight is 429 g/mol. The molecule has 160 valence electrons. The third-order valence-electron chi connectivity index (χ3n) is 4.67. The molecule has 3 aromatic carbocycles. The van der Waals surface area contributed by atoms with Gasteiger partial charge in [0.2, 0.25) is 6.79 Å². The van der Waals surface area contributed by atoms with Crippen molar-refractivity contribution in [1.82, 2.24) is 10.7 Å². The topological polar surface area (TPSA) is 98.2 Å². The molecule has 0 spiro atoms. The molecule has 0 fully saturated rings. The second-order valence-corrected chi connectivity index (χ2v) is 6.74. The lowest BCUT2D eigenvalue weighted by Crippen LogP contribution is -2.34. The second-order valence-electron chi connectivity index (χ2n) is 6.74. The molecule has 3 aromatic rings. The van der Waals surface area contributed by atoms with E-state index in [1.165, 1.54) is 6.21 Å². The predicted molar refractivity (Wildman–Crippen MR) is 119 cm³/mol. The molecule has 0 saturated heterocycles. The van der Waals surface area contributed by atoms with Gasteiger partial charge in [0.25, 0.3) is 11.8 Å². The average Bonchev–Trinajstić information content (AvgIpc) is 3.29. The van der Waals surface area contributed by atoms with Gasteiger partial charge in [-0.15, -0.1) is 6.42 Å². The van der Waals surface area contributed by atoms with Gasteiger partial charge in [-0.25, -0.2) is 5.43 Å². The van der Waals surface area contributed by atoms with Crippen LogP contribution in [0.1, 0.15) is 15.9 Å². The van der Waals surface area contributed by atoms with Crippen LogP contribution in [-0.4, -0.2) is 38.0 Å². The number of carbonyl (C=O) groups is 2. The summed E-state index contributed by atoms with van der Waals surface area (Å²) in [5, 5.41) is 8.44. The molecule has 0 aliphatic carbocycles. The molecule has 2 N–H and O–H groups in total. The van der Waals surface area contributed by atoms with Crippen LogP contribution < -0.4 is 25.0 Å². The Morgan fingerprint density at radius 2 is 1.97 bits per heavy atom. The summed E-state index contributed by atoms with van der Waals surface area (Å²) in [5.41, 5.74) is 3.44. The van der Waals surface area contributed by atoms with Gasteiger partial charge in [0.1, 0.15) is 12.4 Å². The number of carbonyl (C=O) groups excluding carboxylic acids is 2. The van der Waals surface area contributed by atoms with Gasteiger partial charge in [-0.1, -0.05) is 36.3 Å². The van der Waals surface area contributed by atoms with Crippen LogP contribution in [0.15, 0.2) is 59.7 Å². The number of rotatable bonds is 7. The van der Waals surface area contributed by atoms with Crippen molar-refractivity contribution < 1.29 is 23.8 Å². The fraction of sp³-hybridized carbons (Fsp3) is 0.125. The number of nitrogens with zero attached hydrogens (tertiary/aromatic N) is 1. The molecule has 32 heavy (non-hydrogen) atoms. The first-order chi connectivity index (χ1) is 15.7. The number of amides is 2. The SMILES string of the molecule is C#CCOc1ccc2ccccc2c1/C=N\NC(=O)CNC(=O)c1ccc2c(c1)OCO2. The third-order valence-corrected chi connectivity index (χ3v) is 4.67. The van der Waals surface area contributed by atoms with E-state index < -0.39 is 11.8 Å². The number of ether oxygens (including phenoxy) is 3. The van der Waals surface area contributed by atoms with Crippen molar-refractivity contribution in [2.24, 2.45) is 5.10 Å². The molecule has 4 rings (SSSR count). The van der Waals surface area contributed by atoms with Crippen LogP contribution in [0.2, 0.25) is 0 Å². The van der Waals surface area contributed by atoms with Crippen LogP contribution in [0.4, 0.5) is 0 Å². The third kappa shape index (κ3) is 4.63. The zero-order valence-corrected chi connectivity index (χ0v) is 17.0. The van der Waals surface area contributed by atoms with E-state index >= 15 is 0 Å². The molecule has 1 aliphatic heterocycles. The molecule has 0 saturated carbocycles. The smallest absolute Gasteiger partial charge is 0.259 e. The van der Waals surface area contributed by atoms with Crippen LogP contribution >= 0.6 is 0 Å². The van der Waals surface area contributed by atoms with Crippen LogP contribution in [0.25, 0.3) is 10.8 Å². The number of hydrogen-bond donors (Lipinski definition) is 2. The molecule has 0 unspecified atom stereocenters. The van der Waals surface area contributed by atoms with Crippen molar-refractivity contribution in [1.29, 1.82) is 0 Å². The van der Waals surface area contributed by atoms with Crippen LogP contribution in [0.3, 0.4) is 0 Å². The highest BCUT2D eigenvalue weighted by Crippen LogP contribution is 2.32. The van der Waals surface area contributed by atoms with Crippen molar-refractivity contribution in [2.75, 3.05) is 19.9 Å². The summed E-state index contributed by atoms with van der Waals surface area (Å²) >= 11 is 0. The van der Waals surface area contributed by atoms with Gasteiger partial charge < -0.3 is 19.5 Å². The van der Waals surface area contributed by atoms with E-state index in [2.05, 4.69) is 21.8 Å². The number of terminal acetylenes is 1. The number of nitrogens with one attached hydrogen (secondary N) is 2. The molecule has 0 aromatic heterocycles. The Bertz CT molecular complexity index is 1250. The van der Waals surface area contributed by atoms with E-state index in [-0.39, 0.29) is 19.9 Å². The van der Waals surface area contributed by atoms with Gasteiger partial charge >= 0.3 is 0 Å². The number of fused-ring (bicyclic) bond motifs is 2. The largest absolute Gasteiger partial charge is 0.480 e. The number of hydrazone groups is 1. The molecule has 0 radical (unpaired) electrons. The van der Waals surface area contributed by atoms with E-state index in [0.717, 1.165) is 10.8 Å². The Morgan fingerprint density at radius 3 is 2.84 bits per heavy atom. The van der Waals surface area contributed by atoms with Crippen molar-refractivity contribution in [2.45, 2.75) is 0 Å². The van der Waals surface area contributed by atoms with E-state index in [1.807, 2.05) is 30.3 Å². The first-order valence-corrected chi connectivity index (χ1v) is 9.73. The quantitative estimate of drug-likeness (QED) is 0.342. The van der Waals surface area contributed by atoms with E-state index in [0.29, 0.717) is 28.4 Å². The standard InChI is InChI=1S/C24H19N3O5/c1-2-11-30-20-9-7-16-5-3-4-6-18(16)19(20)13-26-27-23(28)14-25-24(29)17-8-10-21-22(12-17)32-15-31-21/h1,3-10,12-13H,11,14-15H2,(H,25,29)(H,27,28)/b26-13-. The zero-order valence-electron chi connectivity index (χ0n) is 17.0. The van der Waals surface area contributed by atoms with Gasteiger partial charge in [0.15, 0.2) is 11.5 Å². The van der Waals surface area contributed by atoms with Gasteiger partial charge in [0, 0.05) is 11.1 Å². The Hall–Kier alpha value is -4.51. The van der Waals surface area contributed by atoms with Crippen LogP contribution in [0, 0.1) is 12.3 Å². The molecule has 8 heteroatoms. The summed E-state index contributed by atoms with van der Waals surface area (Å²) in [4.78, 5) is 24.4. The lowest BCUT2D eigenvalue weighted by atomic mass is 10.0. The van der Waals surface area contributed by atoms with E-state index in [4.69, 9.17) is 20.6 Å². The van der Waals surface area contributed by atoms with Gasteiger partial charge in [-0.3, -0.25) is 9.59 Å². The molecular formula is C24H19N3O5. The van der Waals surface area contributed by atoms with E-state index in [1.54, 1.807) is 24.3 Å². The summed E-state index contributed by atoms with van der Waals surface area (Å²) in [6.45, 7) is -0.0228.